The largest absolute Gasteiger partial charge is 0.384 e. The van der Waals surface area contributed by atoms with Gasteiger partial charge >= 0.3 is 0 Å². The number of hydrogen-bond donors (Lipinski definition) is 1. The highest BCUT2D eigenvalue weighted by Gasteiger charge is 2.05. The first-order chi connectivity index (χ1) is 8.28. The highest BCUT2D eigenvalue weighted by Crippen LogP contribution is 2.24. The van der Waals surface area contributed by atoms with Crippen LogP contribution in [-0.2, 0) is 11.3 Å². The Bertz CT molecular complexity index is 493. The van der Waals surface area contributed by atoms with Crippen molar-refractivity contribution in [3.8, 4) is 0 Å². The van der Waals surface area contributed by atoms with Gasteiger partial charge in [0.1, 0.15) is 22.5 Å². The third-order valence-corrected chi connectivity index (χ3v) is 2.63. The Morgan fingerprint density at radius 1 is 1.29 bits per heavy atom. The van der Waals surface area contributed by atoms with Gasteiger partial charge in [0, 0.05) is 25.6 Å². The molecule has 0 radical (unpaired) electrons. The summed E-state index contributed by atoms with van der Waals surface area (Å²) in [4.78, 5) is 16.5. The van der Waals surface area contributed by atoms with Crippen molar-refractivity contribution < 1.29 is 4.74 Å². The molecular formula is C10H11N5OS. The van der Waals surface area contributed by atoms with Crippen molar-refractivity contribution in [2.75, 3.05) is 12.8 Å². The molecule has 0 unspecified atom stereocenters. The fraction of sp³-hybridized carbons (Fsp3) is 0.200. The Morgan fingerprint density at radius 2 is 2.18 bits per heavy atom. The third-order valence-electron chi connectivity index (χ3n) is 1.79. The Morgan fingerprint density at radius 3 is 2.88 bits per heavy atom. The van der Waals surface area contributed by atoms with Crippen molar-refractivity contribution in [1.29, 1.82) is 0 Å². The fourth-order valence-electron chi connectivity index (χ4n) is 1.18. The molecule has 0 bridgehead atoms. The zero-order valence-electron chi connectivity index (χ0n) is 9.20. The van der Waals surface area contributed by atoms with Crippen molar-refractivity contribution in [3.63, 3.8) is 0 Å². The van der Waals surface area contributed by atoms with Gasteiger partial charge in [-0.2, -0.15) is 0 Å². The van der Waals surface area contributed by atoms with E-state index in [1.807, 2.05) is 0 Å². The monoisotopic (exact) mass is 249 g/mol. The number of nitrogen functional groups attached to an aromatic ring is 1. The van der Waals surface area contributed by atoms with Gasteiger partial charge in [-0.05, 0) is 11.8 Å². The average molecular weight is 249 g/mol. The van der Waals surface area contributed by atoms with Crippen LogP contribution in [-0.4, -0.2) is 27.0 Å². The number of nitrogens with two attached hydrogens (primary N) is 1. The third kappa shape index (κ3) is 3.36. The zero-order chi connectivity index (χ0) is 12.1. The molecule has 0 aromatic carbocycles. The van der Waals surface area contributed by atoms with E-state index in [2.05, 4.69) is 19.9 Å². The Balaban J connectivity index is 2.21. The maximum Gasteiger partial charge on any atom is 0.157 e. The molecule has 0 atom stereocenters. The first-order valence-corrected chi connectivity index (χ1v) is 5.66. The van der Waals surface area contributed by atoms with Gasteiger partial charge in [-0.1, -0.05) is 0 Å². The number of hydrogen-bond acceptors (Lipinski definition) is 7. The van der Waals surface area contributed by atoms with Crippen LogP contribution in [0.5, 0.6) is 0 Å². The number of nitrogens with zero attached hydrogens (tertiary/aromatic N) is 4. The van der Waals surface area contributed by atoms with Gasteiger partial charge in [0.25, 0.3) is 0 Å². The standard InChI is InChI=1S/C10H11N5OS/c1-16-6-8-14-7(11)4-9(15-8)17-10-5-12-2-3-13-10/h2-5H,6H2,1H3,(H2,11,14,15). The van der Waals surface area contributed by atoms with Crippen molar-refractivity contribution in [3.05, 3.63) is 30.5 Å². The summed E-state index contributed by atoms with van der Waals surface area (Å²) in [6, 6.07) is 1.69. The minimum Gasteiger partial charge on any atom is -0.384 e. The molecule has 6 nitrogen and oxygen atoms in total. The molecule has 0 aliphatic heterocycles. The minimum absolute atomic E-state index is 0.332. The summed E-state index contributed by atoms with van der Waals surface area (Å²) >= 11 is 1.38. The Kier molecular flexibility index (Phi) is 3.84. The highest BCUT2D eigenvalue weighted by molar-refractivity contribution is 7.99. The van der Waals surface area contributed by atoms with Crippen molar-refractivity contribution in [2.45, 2.75) is 16.7 Å². The molecule has 0 amide bonds. The van der Waals surface area contributed by atoms with Crippen LogP contribution >= 0.6 is 11.8 Å². The lowest BCUT2D eigenvalue weighted by Gasteiger charge is -2.04. The van der Waals surface area contributed by atoms with E-state index < -0.39 is 0 Å². The Hall–Kier alpha value is -1.73. The second kappa shape index (κ2) is 5.55. The van der Waals surface area contributed by atoms with Crippen molar-refractivity contribution in [1.82, 2.24) is 19.9 Å². The lowest BCUT2D eigenvalue weighted by Crippen LogP contribution is -2.01. The fourth-order valence-corrected chi connectivity index (χ4v) is 1.96. The van der Waals surface area contributed by atoms with Crippen LogP contribution < -0.4 is 5.73 Å². The van der Waals surface area contributed by atoms with E-state index in [1.165, 1.54) is 11.8 Å². The molecule has 0 fully saturated rings. The summed E-state index contributed by atoms with van der Waals surface area (Å²) in [5, 5.41) is 1.49. The van der Waals surface area contributed by atoms with Crippen LogP contribution in [0.1, 0.15) is 5.82 Å². The summed E-state index contributed by atoms with van der Waals surface area (Å²) in [5.74, 6) is 0.970. The summed E-state index contributed by atoms with van der Waals surface area (Å²) in [7, 11) is 1.59. The topological polar surface area (TPSA) is 86.8 Å². The van der Waals surface area contributed by atoms with E-state index >= 15 is 0 Å². The molecule has 2 aromatic heterocycles. The summed E-state index contributed by atoms with van der Waals surface area (Å²) in [6.07, 6.45) is 4.91. The molecule has 17 heavy (non-hydrogen) atoms. The van der Waals surface area contributed by atoms with E-state index in [9.17, 15) is 0 Å². The molecular weight excluding hydrogens is 238 g/mol. The predicted molar refractivity (Wildman–Crippen MR) is 63.3 cm³/mol. The van der Waals surface area contributed by atoms with Crippen molar-refractivity contribution in [2.24, 2.45) is 0 Å². The summed E-state index contributed by atoms with van der Waals surface area (Å²) in [6.45, 7) is 0.332. The van der Waals surface area contributed by atoms with Crippen LogP contribution in [0.25, 0.3) is 0 Å². The van der Waals surface area contributed by atoms with Gasteiger partial charge in [0.05, 0.1) is 6.20 Å². The van der Waals surface area contributed by atoms with Gasteiger partial charge in [-0.15, -0.1) is 0 Å². The predicted octanol–water partition coefficient (Wildman–Crippen LogP) is 1.15. The summed E-state index contributed by atoms with van der Waals surface area (Å²) < 4.78 is 4.97. The van der Waals surface area contributed by atoms with Crippen molar-refractivity contribution >= 4 is 17.6 Å². The van der Waals surface area contributed by atoms with Gasteiger partial charge in [0.2, 0.25) is 0 Å². The number of methoxy groups -OCH3 is 1. The van der Waals surface area contributed by atoms with E-state index in [0.717, 1.165) is 10.1 Å². The SMILES string of the molecule is COCc1nc(N)cc(Sc2cnccn2)n1. The normalized spacial score (nSPS) is 10.4. The molecule has 7 heteroatoms. The van der Waals surface area contributed by atoms with Crippen LogP contribution in [0, 0.1) is 0 Å². The van der Waals surface area contributed by atoms with Crippen LogP contribution in [0.15, 0.2) is 34.7 Å². The molecule has 0 saturated carbocycles. The highest BCUT2D eigenvalue weighted by atomic mass is 32.2. The molecule has 2 heterocycles. The maximum absolute atomic E-state index is 5.69. The zero-order valence-corrected chi connectivity index (χ0v) is 10.0. The number of anilines is 1. The lowest BCUT2D eigenvalue weighted by molar-refractivity contribution is 0.177. The smallest absolute Gasteiger partial charge is 0.157 e. The minimum atomic E-state index is 0.332. The van der Waals surface area contributed by atoms with Crippen LogP contribution in [0.3, 0.4) is 0 Å². The molecule has 2 N–H and O–H groups in total. The van der Waals surface area contributed by atoms with Gasteiger partial charge in [-0.3, -0.25) is 4.98 Å². The van der Waals surface area contributed by atoms with Gasteiger partial charge < -0.3 is 10.5 Å². The van der Waals surface area contributed by atoms with Crippen LogP contribution in [0.2, 0.25) is 0 Å². The van der Waals surface area contributed by atoms with E-state index in [4.69, 9.17) is 10.5 Å². The Labute approximate surface area is 103 Å². The average Bonchev–Trinajstić information content (AvgIpc) is 2.30. The van der Waals surface area contributed by atoms with E-state index in [1.54, 1.807) is 31.8 Å². The molecule has 0 aliphatic rings. The second-order valence-electron chi connectivity index (χ2n) is 3.13. The molecule has 0 aliphatic carbocycles. The number of ether oxygens (including phenoxy) is 1. The quantitative estimate of drug-likeness (QED) is 0.813. The second-order valence-corrected chi connectivity index (χ2v) is 4.17. The first kappa shape index (κ1) is 11.7. The molecule has 88 valence electrons. The first-order valence-electron chi connectivity index (χ1n) is 4.84. The maximum atomic E-state index is 5.69. The van der Waals surface area contributed by atoms with E-state index in [-0.39, 0.29) is 0 Å². The lowest BCUT2D eigenvalue weighted by atomic mass is 10.5. The molecule has 0 spiro atoms. The molecule has 0 saturated heterocycles. The molecule has 2 rings (SSSR count). The van der Waals surface area contributed by atoms with E-state index in [0.29, 0.717) is 18.2 Å². The number of rotatable bonds is 4. The molecule has 2 aromatic rings. The van der Waals surface area contributed by atoms with Gasteiger partial charge in [0.15, 0.2) is 5.82 Å². The van der Waals surface area contributed by atoms with Crippen LogP contribution in [0.4, 0.5) is 5.82 Å². The van der Waals surface area contributed by atoms with Gasteiger partial charge in [-0.25, -0.2) is 15.0 Å². The summed E-state index contributed by atoms with van der Waals surface area (Å²) in [5.41, 5.74) is 5.69. The number of aromatic nitrogens is 4.